The summed E-state index contributed by atoms with van der Waals surface area (Å²) in [5, 5.41) is 0. The predicted molar refractivity (Wildman–Crippen MR) is 98.4 cm³/mol. The van der Waals surface area contributed by atoms with Crippen molar-refractivity contribution in [3.8, 4) is 0 Å². The summed E-state index contributed by atoms with van der Waals surface area (Å²) in [6, 6.07) is 3.96. The minimum atomic E-state index is -0.0690. The van der Waals surface area contributed by atoms with Crippen LogP contribution in [0.15, 0.2) is 36.7 Å². The molecule has 2 saturated heterocycles. The smallest absolute Gasteiger partial charge is 0.226 e. The first-order valence-electron chi connectivity index (χ1n) is 9.79. The van der Waals surface area contributed by atoms with Crippen molar-refractivity contribution in [2.45, 2.75) is 44.8 Å². The third-order valence-corrected chi connectivity index (χ3v) is 6.04. The summed E-state index contributed by atoms with van der Waals surface area (Å²) >= 11 is 0. The van der Waals surface area contributed by atoms with Gasteiger partial charge in [-0.05, 0) is 43.7 Å². The number of piperidine rings is 1. The van der Waals surface area contributed by atoms with Gasteiger partial charge in [0.1, 0.15) is 0 Å². The SMILES string of the molecule is O=C(C1CC=CC1)N1CCC2OCCCC2(COCc2cccnc2)C1. The van der Waals surface area contributed by atoms with E-state index in [1.807, 2.05) is 18.3 Å². The normalized spacial score (nSPS) is 28.9. The predicted octanol–water partition coefficient (Wildman–Crippen LogP) is 2.96. The number of ether oxygens (including phenoxy) is 2. The fourth-order valence-corrected chi connectivity index (χ4v) is 4.62. The van der Waals surface area contributed by atoms with Crippen molar-refractivity contribution in [2.24, 2.45) is 11.3 Å². The van der Waals surface area contributed by atoms with Gasteiger partial charge >= 0.3 is 0 Å². The van der Waals surface area contributed by atoms with Crippen molar-refractivity contribution in [1.29, 1.82) is 0 Å². The van der Waals surface area contributed by atoms with Gasteiger partial charge in [0.15, 0.2) is 0 Å². The molecule has 0 saturated carbocycles. The first kappa shape index (κ1) is 17.7. The Morgan fingerprint density at radius 3 is 3.08 bits per heavy atom. The number of allylic oxidation sites excluding steroid dienone is 2. The lowest BCUT2D eigenvalue weighted by atomic mass is 9.72. The molecular formula is C21H28N2O3. The van der Waals surface area contributed by atoms with Crippen molar-refractivity contribution in [3.63, 3.8) is 0 Å². The molecule has 5 nitrogen and oxygen atoms in total. The van der Waals surface area contributed by atoms with Crippen LogP contribution in [-0.4, -0.2) is 48.2 Å². The van der Waals surface area contributed by atoms with E-state index >= 15 is 0 Å². The third-order valence-electron chi connectivity index (χ3n) is 6.04. The molecule has 2 unspecified atom stereocenters. The van der Waals surface area contributed by atoms with Gasteiger partial charge in [0.05, 0.1) is 19.3 Å². The average molecular weight is 356 g/mol. The van der Waals surface area contributed by atoms with Crippen LogP contribution < -0.4 is 0 Å². The van der Waals surface area contributed by atoms with E-state index < -0.39 is 0 Å². The second-order valence-electron chi connectivity index (χ2n) is 7.87. The Kier molecular flexibility index (Phi) is 5.36. The lowest BCUT2D eigenvalue weighted by molar-refractivity contribution is -0.168. The summed E-state index contributed by atoms with van der Waals surface area (Å²) in [7, 11) is 0. The number of nitrogens with zero attached hydrogens (tertiary/aromatic N) is 2. The molecule has 2 atom stereocenters. The third kappa shape index (κ3) is 3.69. The Morgan fingerprint density at radius 2 is 2.27 bits per heavy atom. The molecular weight excluding hydrogens is 328 g/mol. The van der Waals surface area contributed by atoms with Gasteiger partial charge in [-0.3, -0.25) is 9.78 Å². The molecule has 0 radical (unpaired) electrons. The van der Waals surface area contributed by atoms with Gasteiger partial charge in [-0.25, -0.2) is 0 Å². The van der Waals surface area contributed by atoms with Gasteiger partial charge in [0, 0.05) is 43.4 Å². The molecule has 4 rings (SSSR count). The van der Waals surface area contributed by atoms with Gasteiger partial charge in [0.25, 0.3) is 0 Å². The van der Waals surface area contributed by atoms with E-state index in [2.05, 4.69) is 22.0 Å². The van der Waals surface area contributed by atoms with Crippen LogP contribution in [0.5, 0.6) is 0 Å². The molecule has 2 aliphatic heterocycles. The fraction of sp³-hybridized carbons (Fsp3) is 0.619. The van der Waals surface area contributed by atoms with E-state index in [0.29, 0.717) is 19.1 Å². The van der Waals surface area contributed by atoms with Gasteiger partial charge in [-0.2, -0.15) is 0 Å². The summed E-state index contributed by atoms with van der Waals surface area (Å²) in [5.41, 5.74) is 1.01. The van der Waals surface area contributed by atoms with Crippen molar-refractivity contribution in [2.75, 3.05) is 26.3 Å². The van der Waals surface area contributed by atoms with Crippen molar-refractivity contribution in [3.05, 3.63) is 42.2 Å². The Balaban J connectivity index is 1.41. The molecule has 1 aliphatic carbocycles. The van der Waals surface area contributed by atoms with Crippen LogP contribution >= 0.6 is 0 Å². The number of aromatic nitrogens is 1. The zero-order chi connectivity index (χ0) is 17.8. The van der Waals surface area contributed by atoms with Crippen molar-refractivity contribution < 1.29 is 14.3 Å². The van der Waals surface area contributed by atoms with Gasteiger partial charge in [-0.15, -0.1) is 0 Å². The van der Waals surface area contributed by atoms with Crippen LogP contribution in [0.25, 0.3) is 0 Å². The Labute approximate surface area is 155 Å². The lowest BCUT2D eigenvalue weighted by Gasteiger charge is -2.50. The first-order valence-corrected chi connectivity index (χ1v) is 9.79. The largest absolute Gasteiger partial charge is 0.377 e. The Bertz CT molecular complexity index is 640. The van der Waals surface area contributed by atoms with Crippen LogP contribution in [0.3, 0.4) is 0 Å². The minimum Gasteiger partial charge on any atom is -0.377 e. The van der Waals surface area contributed by atoms with Crippen molar-refractivity contribution in [1.82, 2.24) is 9.88 Å². The van der Waals surface area contributed by atoms with Crippen LogP contribution in [0.2, 0.25) is 0 Å². The maximum absolute atomic E-state index is 12.9. The van der Waals surface area contributed by atoms with Gasteiger partial charge in [0.2, 0.25) is 5.91 Å². The summed E-state index contributed by atoms with van der Waals surface area (Å²) < 4.78 is 12.2. The number of likely N-dealkylation sites (tertiary alicyclic amines) is 1. The topological polar surface area (TPSA) is 51.7 Å². The zero-order valence-corrected chi connectivity index (χ0v) is 15.3. The second kappa shape index (κ2) is 7.89. The highest BCUT2D eigenvalue weighted by molar-refractivity contribution is 5.79. The molecule has 1 aromatic heterocycles. The molecule has 2 fully saturated rings. The highest BCUT2D eigenvalue weighted by Gasteiger charge is 2.47. The molecule has 1 amide bonds. The average Bonchev–Trinajstić information content (AvgIpc) is 3.22. The minimum absolute atomic E-state index is 0.0690. The highest BCUT2D eigenvalue weighted by Crippen LogP contribution is 2.41. The summed E-state index contributed by atoms with van der Waals surface area (Å²) in [6.07, 6.45) is 12.9. The van der Waals surface area contributed by atoms with Crippen LogP contribution in [-0.2, 0) is 20.9 Å². The number of amides is 1. The molecule has 0 spiro atoms. The summed E-state index contributed by atoms with van der Waals surface area (Å²) in [5.74, 6) is 0.454. The molecule has 0 N–H and O–H groups in total. The van der Waals surface area contributed by atoms with Crippen LogP contribution in [0.4, 0.5) is 0 Å². The fourth-order valence-electron chi connectivity index (χ4n) is 4.62. The van der Waals surface area contributed by atoms with Crippen LogP contribution in [0.1, 0.15) is 37.7 Å². The quantitative estimate of drug-likeness (QED) is 0.761. The van der Waals surface area contributed by atoms with Crippen molar-refractivity contribution >= 4 is 5.91 Å². The van der Waals surface area contributed by atoms with E-state index in [1.54, 1.807) is 6.20 Å². The molecule has 3 aliphatic rings. The molecule has 140 valence electrons. The number of rotatable bonds is 5. The molecule has 1 aromatic rings. The van der Waals surface area contributed by atoms with E-state index in [4.69, 9.17) is 9.47 Å². The number of hydrogen-bond donors (Lipinski definition) is 0. The van der Waals surface area contributed by atoms with Gasteiger partial charge < -0.3 is 14.4 Å². The molecule has 3 heterocycles. The molecule has 26 heavy (non-hydrogen) atoms. The molecule has 5 heteroatoms. The Hall–Kier alpha value is -1.72. The number of hydrogen-bond acceptors (Lipinski definition) is 4. The summed E-state index contributed by atoms with van der Waals surface area (Å²) in [6.45, 7) is 3.60. The number of carbonyl (C=O) groups is 1. The van der Waals surface area contributed by atoms with E-state index in [0.717, 1.165) is 57.4 Å². The van der Waals surface area contributed by atoms with Gasteiger partial charge in [-0.1, -0.05) is 18.2 Å². The van der Waals surface area contributed by atoms with E-state index in [1.165, 1.54) is 0 Å². The number of fused-ring (bicyclic) bond motifs is 1. The first-order chi connectivity index (χ1) is 12.8. The molecule has 0 bridgehead atoms. The van der Waals surface area contributed by atoms with Crippen LogP contribution in [0, 0.1) is 11.3 Å². The summed E-state index contributed by atoms with van der Waals surface area (Å²) in [4.78, 5) is 19.1. The number of carbonyl (C=O) groups excluding carboxylic acids is 1. The maximum atomic E-state index is 12.9. The van der Waals surface area contributed by atoms with E-state index in [-0.39, 0.29) is 17.4 Å². The Morgan fingerprint density at radius 1 is 1.38 bits per heavy atom. The maximum Gasteiger partial charge on any atom is 0.226 e. The molecule has 0 aromatic carbocycles. The van der Waals surface area contributed by atoms with E-state index in [9.17, 15) is 4.79 Å². The second-order valence-corrected chi connectivity index (χ2v) is 7.87. The monoisotopic (exact) mass is 356 g/mol. The zero-order valence-electron chi connectivity index (χ0n) is 15.3. The standard InChI is InChI=1S/C21H28N2O3/c24-20(18-6-1-2-7-18)23-11-8-19-21(15-23,9-4-12-26-19)16-25-14-17-5-3-10-22-13-17/h1-3,5,10,13,18-19H,4,6-9,11-12,14-16H2. The highest BCUT2D eigenvalue weighted by atomic mass is 16.5. The number of pyridine rings is 1. The lowest BCUT2D eigenvalue weighted by Crippen LogP contribution is -2.58.